The summed E-state index contributed by atoms with van der Waals surface area (Å²) in [6.07, 6.45) is -8.76. The van der Waals surface area contributed by atoms with E-state index >= 15 is 0 Å². The minimum atomic E-state index is -2.05. The minimum absolute atomic E-state index is 0.00330. The molecule has 1 aromatic heterocycles. The second kappa shape index (κ2) is 15.1. The highest BCUT2D eigenvalue weighted by Crippen LogP contribution is 2.25. The number of benzene rings is 1. The number of ether oxygens (including phenoxy) is 1. The SMILES string of the molecule is CN1c2c(nc(N)[nH]c2=O)NCC1CNc1ccc(C(=O)NC(CCC(=O)O[C@@H](C=O)[C@@H](O)[C@H](O)[C@H](O)CO)C(=O)O)cc1. The van der Waals surface area contributed by atoms with Crippen molar-refractivity contribution in [1.82, 2.24) is 15.3 Å². The van der Waals surface area contributed by atoms with Crippen molar-refractivity contribution in [2.24, 2.45) is 0 Å². The maximum absolute atomic E-state index is 12.7. The van der Waals surface area contributed by atoms with Gasteiger partial charge in [0.2, 0.25) is 5.95 Å². The second-order valence-corrected chi connectivity index (χ2v) is 9.98. The molecule has 0 fully saturated rings. The predicted octanol–water partition coefficient (Wildman–Crippen LogP) is -3.16. The molecule has 0 spiro atoms. The Morgan fingerprint density at radius 2 is 1.89 bits per heavy atom. The van der Waals surface area contributed by atoms with E-state index in [0.717, 1.165) is 0 Å². The summed E-state index contributed by atoms with van der Waals surface area (Å²) in [6.45, 7) is -0.0409. The maximum atomic E-state index is 12.7. The van der Waals surface area contributed by atoms with Crippen LogP contribution in [0.3, 0.4) is 0 Å². The molecule has 44 heavy (non-hydrogen) atoms. The summed E-state index contributed by atoms with van der Waals surface area (Å²) < 4.78 is 4.76. The summed E-state index contributed by atoms with van der Waals surface area (Å²) in [7, 11) is 1.75. The largest absolute Gasteiger partial charge is 0.480 e. The number of aliphatic hydroxyl groups excluding tert-OH is 4. The van der Waals surface area contributed by atoms with Crippen LogP contribution in [0.2, 0.25) is 0 Å². The van der Waals surface area contributed by atoms with E-state index in [2.05, 4.69) is 25.9 Å². The van der Waals surface area contributed by atoms with E-state index in [4.69, 9.17) is 15.6 Å². The molecular formula is C26H35N7O11. The van der Waals surface area contributed by atoms with Gasteiger partial charge in [-0.1, -0.05) is 0 Å². The first kappa shape index (κ1) is 33.7. The number of aldehydes is 1. The molecule has 0 radical (unpaired) electrons. The van der Waals surface area contributed by atoms with Gasteiger partial charge in [0, 0.05) is 37.8 Å². The van der Waals surface area contributed by atoms with Crippen LogP contribution in [0, 0.1) is 0 Å². The fraction of sp³-hybridized carbons (Fsp3) is 0.462. The second-order valence-electron chi connectivity index (χ2n) is 9.98. The smallest absolute Gasteiger partial charge is 0.326 e. The Balaban J connectivity index is 1.52. The Morgan fingerprint density at radius 3 is 2.50 bits per heavy atom. The zero-order chi connectivity index (χ0) is 32.6. The van der Waals surface area contributed by atoms with Crippen molar-refractivity contribution >= 4 is 47.3 Å². The van der Waals surface area contributed by atoms with Crippen LogP contribution in [0.5, 0.6) is 0 Å². The summed E-state index contributed by atoms with van der Waals surface area (Å²) in [5.74, 6) is -2.91. The number of aromatic amines is 1. The lowest BCUT2D eigenvalue weighted by Crippen LogP contribution is -2.48. The van der Waals surface area contributed by atoms with Crippen LogP contribution in [-0.2, 0) is 19.1 Å². The fourth-order valence-corrected chi connectivity index (χ4v) is 4.33. The van der Waals surface area contributed by atoms with E-state index in [1.54, 1.807) is 24.1 Å². The van der Waals surface area contributed by atoms with Crippen molar-refractivity contribution in [3.8, 4) is 0 Å². The number of aromatic nitrogens is 2. The number of carbonyl (C=O) groups excluding carboxylic acids is 3. The lowest BCUT2D eigenvalue weighted by molar-refractivity contribution is -0.168. The minimum Gasteiger partial charge on any atom is -0.480 e. The highest BCUT2D eigenvalue weighted by atomic mass is 16.6. The third-order valence-corrected chi connectivity index (χ3v) is 6.92. The standard InChI is InChI=1S/C26H35N7O11/c1-33-14(9-29-22-19(33)24(41)32-26(27)31-22)8-28-13-4-2-12(3-5-13)23(40)30-15(25(42)43)6-7-18(37)44-17(11-35)21(39)20(38)16(36)10-34/h2-5,11,14-17,20-21,28,34,36,38-39H,6-10H2,1H3,(H,30,40)(H,42,43)(H4,27,29,31,32,41)/t14?,15?,16-,17+,20-,21-/m1/s1. The number of esters is 1. The first-order valence-corrected chi connectivity index (χ1v) is 13.4. The van der Waals surface area contributed by atoms with Gasteiger partial charge in [0.25, 0.3) is 11.5 Å². The molecule has 6 atom stereocenters. The molecule has 1 aromatic carbocycles. The Bertz CT molecular complexity index is 1390. The number of carbonyl (C=O) groups is 4. The fourth-order valence-electron chi connectivity index (χ4n) is 4.33. The molecule has 1 amide bonds. The van der Waals surface area contributed by atoms with E-state index < -0.39 is 67.8 Å². The van der Waals surface area contributed by atoms with Crippen LogP contribution >= 0.6 is 0 Å². The highest BCUT2D eigenvalue weighted by Gasteiger charge is 2.34. The number of carboxylic acids is 1. The molecule has 18 nitrogen and oxygen atoms in total. The van der Waals surface area contributed by atoms with Gasteiger partial charge in [-0.15, -0.1) is 0 Å². The van der Waals surface area contributed by atoms with E-state index in [-0.39, 0.29) is 29.4 Å². The van der Waals surface area contributed by atoms with Crippen LogP contribution in [-0.4, -0.2) is 123 Å². The third-order valence-electron chi connectivity index (χ3n) is 6.92. The van der Waals surface area contributed by atoms with Gasteiger partial charge in [-0.25, -0.2) is 4.79 Å². The van der Waals surface area contributed by atoms with Gasteiger partial charge in [0.1, 0.15) is 30.0 Å². The lowest BCUT2D eigenvalue weighted by Gasteiger charge is -2.35. The summed E-state index contributed by atoms with van der Waals surface area (Å²) in [5.41, 5.74) is 6.35. The number of likely N-dealkylation sites (N-methyl/N-ethyl adjacent to an activating group) is 1. The summed E-state index contributed by atoms with van der Waals surface area (Å²) in [5, 5.41) is 56.0. The van der Waals surface area contributed by atoms with Crippen LogP contribution < -0.4 is 32.1 Å². The molecule has 18 heteroatoms. The molecular weight excluding hydrogens is 586 g/mol. The number of rotatable bonds is 15. The molecule has 1 aliphatic heterocycles. The highest BCUT2D eigenvalue weighted by molar-refractivity contribution is 5.97. The van der Waals surface area contributed by atoms with E-state index in [9.17, 15) is 44.4 Å². The van der Waals surface area contributed by atoms with Gasteiger partial charge >= 0.3 is 11.9 Å². The van der Waals surface area contributed by atoms with Crippen LogP contribution in [0.1, 0.15) is 23.2 Å². The zero-order valence-corrected chi connectivity index (χ0v) is 23.5. The summed E-state index contributed by atoms with van der Waals surface area (Å²) in [4.78, 5) is 68.4. The molecule has 0 saturated heterocycles. The maximum Gasteiger partial charge on any atom is 0.326 e. The van der Waals surface area contributed by atoms with Gasteiger partial charge in [-0.2, -0.15) is 4.98 Å². The number of aliphatic carboxylic acids is 1. The number of anilines is 4. The molecule has 11 N–H and O–H groups in total. The number of amides is 1. The average Bonchev–Trinajstić information content (AvgIpc) is 3.00. The van der Waals surface area contributed by atoms with Crippen LogP contribution in [0.15, 0.2) is 29.1 Å². The molecule has 2 aromatic rings. The van der Waals surface area contributed by atoms with Crippen molar-refractivity contribution in [2.45, 2.75) is 49.3 Å². The molecule has 3 rings (SSSR count). The van der Waals surface area contributed by atoms with Crippen molar-refractivity contribution in [3.63, 3.8) is 0 Å². The van der Waals surface area contributed by atoms with Crippen LogP contribution in [0.25, 0.3) is 0 Å². The normalized spacial score (nSPS) is 17.6. The Hall–Kier alpha value is -4.78. The van der Waals surface area contributed by atoms with Gasteiger partial charge in [-0.05, 0) is 30.7 Å². The zero-order valence-electron chi connectivity index (χ0n) is 23.5. The van der Waals surface area contributed by atoms with Crippen molar-refractivity contribution in [1.29, 1.82) is 0 Å². The van der Waals surface area contributed by atoms with Crippen molar-refractivity contribution < 1.29 is 49.4 Å². The number of carboxylic acid groups (broad SMARTS) is 1. The van der Waals surface area contributed by atoms with Crippen LogP contribution in [0.4, 0.5) is 23.1 Å². The molecule has 2 heterocycles. The summed E-state index contributed by atoms with van der Waals surface area (Å²) >= 11 is 0. The Kier molecular flexibility index (Phi) is 11.6. The Morgan fingerprint density at radius 1 is 1.20 bits per heavy atom. The van der Waals surface area contributed by atoms with Gasteiger partial charge in [0.05, 0.1) is 12.6 Å². The van der Waals surface area contributed by atoms with Gasteiger partial charge in [-0.3, -0.25) is 24.2 Å². The van der Waals surface area contributed by atoms with Crippen molar-refractivity contribution in [2.75, 3.05) is 48.0 Å². The first-order chi connectivity index (χ1) is 20.9. The quantitative estimate of drug-likeness (QED) is 0.0693. The molecule has 0 saturated carbocycles. The number of fused-ring (bicyclic) bond motifs is 1. The van der Waals surface area contributed by atoms with E-state index in [0.29, 0.717) is 30.3 Å². The number of nitrogens with zero attached hydrogens (tertiary/aromatic N) is 2. The average molecular weight is 622 g/mol. The topological polar surface area (TPSA) is 290 Å². The predicted molar refractivity (Wildman–Crippen MR) is 154 cm³/mol. The summed E-state index contributed by atoms with van der Waals surface area (Å²) in [6, 6.07) is 4.48. The van der Waals surface area contributed by atoms with Crippen molar-refractivity contribution in [3.05, 3.63) is 40.2 Å². The number of H-pyrrole nitrogens is 1. The number of nitrogens with one attached hydrogen (secondary N) is 4. The number of aliphatic hydroxyl groups is 4. The first-order valence-electron chi connectivity index (χ1n) is 13.4. The van der Waals surface area contributed by atoms with Gasteiger partial charge in [0.15, 0.2) is 18.2 Å². The Labute approximate surface area is 249 Å². The number of nitrogen functional groups attached to an aromatic ring is 1. The number of hydrogen-bond acceptors (Lipinski definition) is 15. The van der Waals surface area contributed by atoms with E-state index in [1.165, 1.54) is 12.1 Å². The molecule has 0 aliphatic carbocycles. The van der Waals surface area contributed by atoms with Gasteiger partial charge < -0.3 is 56.9 Å². The molecule has 0 bridgehead atoms. The molecule has 1 aliphatic rings. The monoisotopic (exact) mass is 621 g/mol. The number of hydrogen-bond donors (Lipinski definition) is 10. The number of nitrogens with two attached hydrogens (primary N) is 1. The van der Waals surface area contributed by atoms with E-state index in [1.807, 2.05) is 0 Å². The molecule has 240 valence electrons. The lowest BCUT2D eigenvalue weighted by atomic mass is 10.0. The molecule has 2 unspecified atom stereocenters. The third kappa shape index (κ3) is 8.40.